The van der Waals surface area contributed by atoms with Gasteiger partial charge < -0.3 is 0 Å². The maximum Gasteiger partial charge on any atom is 0.0360 e. The lowest BCUT2D eigenvalue weighted by Crippen LogP contribution is -1.87. The second-order valence-electron chi connectivity index (χ2n) is 1.39. The SMILES string of the molecule is [CH2]C(CC)=NCC. The van der Waals surface area contributed by atoms with Crippen LogP contribution < -0.4 is 0 Å². The van der Waals surface area contributed by atoms with Gasteiger partial charge in [-0.15, -0.1) is 0 Å². The molecule has 1 nitrogen and oxygen atoms in total. The maximum absolute atomic E-state index is 4.05. The summed E-state index contributed by atoms with van der Waals surface area (Å²) in [7, 11) is 0. The van der Waals surface area contributed by atoms with E-state index in [0.717, 1.165) is 18.7 Å². The van der Waals surface area contributed by atoms with Crippen LogP contribution in [0.25, 0.3) is 0 Å². The van der Waals surface area contributed by atoms with Gasteiger partial charge in [0.1, 0.15) is 0 Å². The van der Waals surface area contributed by atoms with E-state index in [2.05, 4.69) is 18.8 Å². The van der Waals surface area contributed by atoms with Crippen molar-refractivity contribution in [3.05, 3.63) is 6.92 Å². The molecule has 0 aliphatic heterocycles. The Balaban J connectivity index is 3.29. The van der Waals surface area contributed by atoms with E-state index in [4.69, 9.17) is 0 Å². The van der Waals surface area contributed by atoms with Crippen LogP contribution in [-0.2, 0) is 0 Å². The van der Waals surface area contributed by atoms with Crippen molar-refractivity contribution in [3.63, 3.8) is 0 Å². The van der Waals surface area contributed by atoms with Gasteiger partial charge in [0.25, 0.3) is 0 Å². The highest BCUT2D eigenvalue weighted by Gasteiger charge is 1.78. The standard InChI is InChI=1S/C6H12N/c1-4-6(3)7-5-2/h3-5H2,1-2H3. The van der Waals surface area contributed by atoms with Crippen LogP contribution in [0.4, 0.5) is 0 Å². The van der Waals surface area contributed by atoms with Gasteiger partial charge in [-0.3, -0.25) is 4.99 Å². The van der Waals surface area contributed by atoms with E-state index >= 15 is 0 Å². The number of aliphatic imine (C=N–C) groups is 1. The Kier molecular flexibility index (Phi) is 3.67. The molecule has 0 bridgehead atoms. The van der Waals surface area contributed by atoms with Crippen LogP contribution in [0.1, 0.15) is 20.3 Å². The zero-order valence-electron chi connectivity index (χ0n) is 5.07. The first-order valence-corrected chi connectivity index (χ1v) is 2.66. The Hall–Kier alpha value is -0.330. The molecule has 41 valence electrons. The van der Waals surface area contributed by atoms with Crippen LogP contribution in [0.15, 0.2) is 4.99 Å². The van der Waals surface area contributed by atoms with Gasteiger partial charge in [-0.05, 0) is 20.3 Å². The first-order valence-electron chi connectivity index (χ1n) is 2.66. The molecular weight excluding hydrogens is 86.1 g/mol. The second-order valence-corrected chi connectivity index (χ2v) is 1.39. The monoisotopic (exact) mass is 98.1 g/mol. The van der Waals surface area contributed by atoms with Crippen molar-refractivity contribution < 1.29 is 0 Å². The summed E-state index contributed by atoms with van der Waals surface area (Å²) < 4.78 is 0. The molecule has 0 aromatic carbocycles. The molecule has 1 radical (unpaired) electrons. The summed E-state index contributed by atoms with van der Waals surface area (Å²) in [6.45, 7) is 8.64. The fraction of sp³-hybridized carbons (Fsp3) is 0.667. The predicted octanol–water partition coefficient (Wildman–Crippen LogP) is 1.69. The first-order chi connectivity index (χ1) is 3.31. The highest BCUT2D eigenvalue weighted by atomic mass is 14.7. The van der Waals surface area contributed by atoms with Crippen molar-refractivity contribution >= 4 is 5.71 Å². The molecule has 0 saturated carbocycles. The summed E-state index contributed by atoms with van der Waals surface area (Å²) in [5, 5.41) is 0. The van der Waals surface area contributed by atoms with E-state index in [9.17, 15) is 0 Å². The van der Waals surface area contributed by atoms with Crippen LogP contribution in [0.3, 0.4) is 0 Å². The normalized spacial score (nSPS) is 12.1. The lowest BCUT2D eigenvalue weighted by Gasteiger charge is -1.88. The second kappa shape index (κ2) is 3.85. The molecular formula is C6H12N. The van der Waals surface area contributed by atoms with Crippen LogP contribution in [-0.4, -0.2) is 12.3 Å². The lowest BCUT2D eigenvalue weighted by molar-refractivity contribution is 1.10. The molecule has 0 spiro atoms. The summed E-state index contributed by atoms with van der Waals surface area (Å²) in [5.74, 6) is 0. The number of rotatable bonds is 2. The molecule has 0 aromatic rings. The number of nitrogens with zero attached hydrogens (tertiary/aromatic N) is 1. The summed E-state index contributed by atoms with van der Waals surface area (Å²) >= 11 is 0. The quantitative estimate of drug-likeness (QED) is 0.466. The molecule has 0 N–H and O–H groups in total. The van der Waals surface area contributed by atoms with Crippen molar-refractivity contribution in [1.82, 2.24) is 0 Å². The molecule has 0 fully saturated rings. The highest BCUT2D eigenvalue weighted by Crippen LogP contribution is 1.81. The molecule has 0 atom stereocenters. The van der Waals surface area contributed by atoms with Gasteiger partial charge in [-0.25, -0.2) is 0 Å². The van der Waals surface area contributed by atoms with E-state index in [-0.39, 0.29) is 0 Å². The molecule has 0 saturated heterocycles. The fourth-order valence-corrected chi connectivity index (χ4v) is 0.335. The summed E-state index contributed by atoms with van der Waals surface area (Å²) in [6.07, 6.45) is 0.980. The zero-order chi connectivity index (χ0) is 5.70. The van der Waals surface area contributed by atoms with Gasteiger partial charge in [0.15, 0.2) is 0 Å². The van der Waals surface area contributed by atoms with Crippen molar-refractivity contribution in [2.24, 2.45) is 4.99 Å². The van der Waals surface area contributed by atoms with Crippen molar-refractivity contribution in [1.29, 1.82) is 0 Å². The van der Waals surface area contributed by atoms with Crippen molar-refractivity contribution in [2.45, 2.75) is 20.3 Å². The number of hydrogen-bond donors (Lipinski definition) is 0. The average molecular weight is 98.2 g/mol. The fourth-order valence-electron chi connectivity index (χ4n) is 0.335. The van der Waals surface area contributed by atoms with E-state index in [1.807, 2.05) is 6.92 Å². The highest BCUT2D eigenvalue weighted by molar-refractivity contribution is 5.88. The molecule has 0 aliphatic carbocycles. The van der Waals surface area contributed by atoms with Crippen LogP contribution >= 0.6 is 0 Å². The number of hydrogen-bond acceptors (Lipinski definition) is 1. The van der Waals surface area contributed by atoms with Crippen molar-refractivity contribution in [2.75, 3.05) is 6.54 Å². The van der Waals surface area contributed by atoms with Gasteiger partial charge in [-0.2, -0.15) is 0 Å². The minimum absolute atomic E-state index is 0.868. The van der Waals surface area contributed by atoms with Crippen LogP contribution in [0, 0.1) is 6.92 Å². The first kappa shape index (κ1) is 6.67. The minimum Gasteiger partial charge on any atom is -0.294 e. The van der Waals surface area contributed by atoms with Gasteiger partial charge in [-0.1, -0.05) is 6.92 Å². The van der Waals surface area contributed by atoms with E-state index in [0.29, 0.717) is 0 Å². The molecule has 0 heterocycles. The Bertz CT molecular complexity index is 64.6. The molecule has 0 aromatic heterocycles. The van der Waals surface area contributed by atoms with Crippen LogP contribution in [0.2, 0.25) is 0 Å². The molecule has 0 rings (SSSR count). The van der Waals surface area contributed by atoms with Gasteiger partial charge in [0.2, 0.25) is 0 Å². The molecule has 0 unspecified atom stereocenters. The van der Waals surface area contributed by atoms with Gasteiger partial charge >= 0.3 is 0 Å². The summed E-state index contributed by atoms with van der Waals surface area (Å²) in [6, 6.07) is 0. The maximum atomic E-state index is 4.05. The summed E-state index contributed by atoms with van der Waals surface area (Å²) in [5.41, 5.74) is 1.00. The third-order valence-corrected chi connectivity index (χ3v) is 0.790. The Morgan fingerprint density at radius 3 is 2.29 bits per heavy atom. The molecule has 0 aliphatic rings. The predicted molar refractivity (Wildman–Crippen MR) is 33.6 cm³/mol. The molecule has 1 heteroatoms. The largest absolute Gasteiger partial charge is 0.294 e. The topological polar surface area (TPSA) is 12.4 Å². The van der Waals surface area contributed by atoms with Crippen molar-refractivity contribution in [3.8, 4) is 0 Å². The summed E-state index contributed by atoms with van der Waals surface area (Å²) in [4.78, 5) is 4.05. The molecule has 7 heavy (non-hydrogen) atoms. The Morgan fingerprint density at radius 2 is 2.14 bits per heavy atom. The average Bonchev–Trinajstić information content (AvgIpc) is 1.68. The smallest absolute Gasteiger partial charge is 0.0360 e. The molecule has 0 amide bonds. The van der Waals surface area contributed by atoms with Gasteiger partial charge in [0.05, 0.1) is 0 Å². The van der Waals surface area contributed by atoms with Crippen LogP contribution in [0.5, 0.6) is 0 Å². The third kappa shape index (κ3) is 3.50. The van der Waals surface area contributed by atoms with E-state index in [1.54, 1.807) is 0 Å². The Morgan fingerprint density at radius 1 is 1.57 bits per heavy atom. The van der Waals surface area contributed by atoms with Gasteiger partial charge in [0, 0.05) is 12.3 Å². The minimum atomic E-state index is 0.868. The third-order valence-electron chi connectivity index (χ3n) is 0.790. The van der Waals surface area contributed by atoms with E-state index < -0.39 is 0 Å². The Labute approximate surface area is 45.5 Å². The zero-order valence-corrected chi connectivity index (χ0v) is 5.07. The van der Waals surface area contributed by atoms with E-state index in [1.165, 1.54) is 0 Å². The lowest BCUT2D eigenvalue weighted by atomic mass is 10.3.